The molecular formula is C19H12IN2O10S2. The molecule has 0 spiro atoms. The highest BCUT2D eigenvalue weighted by Crippen LogP contribution is 2.36. The quantitative estimate of drug-likeness (QED) is 0.170. The molecule has 0 aromatic heterocycles. The minimum Gasteiger partial charge on any atom is -0.282 e. The molecule has 0 saturated carbocycles. The fourth-order valence-corrected chi connectivity index (χ4v) is 4.91. The second-order valence-electron chi connectivity index (χ2n) is 6.74. The van der Waals surface area contributed by atoms with Crippen LogP contribution in [-0.2, 0) is 20.2 Å². The predicted octanol–water partition coefficient (Wildman–Crippen LogP) is 3.87. The Morgan fingerprint density at radius 2 is 1.35 bits per heavy atom. The predicted molar refractivity (Wildman–Crippen MR) is 126 cm³/mol. The third kappa shape index (κ3) is 5.55. The maximum atomic E-state index is 12.0. The Morgan fingerprint density at radius 3 is 1.85 bits per heavy atom. The van der Waals surface area contributed by atoms with Crippen LogP contribution in [0.25, 0.3) is 11.1 Å². The zero-order valence-electron chi connectivity index (χ0n) is 16.5. The molecule has 177 valence electrons. The van der Waals surface area contributed by atoms with Crippen molar-refractivity contribution >= 4 is 54.2 Å². The number of nitrogens with zero attached hydrogens (tertiary/aromatic N) is 2. The Labute approximate surface area is 206 Å². The number of non-ortho nitro benzene ring substituents is 1. The largest absolute Gasteiger partial charge is 0.295 e. The van der Waals surface area contributed by atoms with Crippen LogP contribution in [0.4, 0.5) is 11.4 Å². The smallest absolute Gasteiger partial charge is 0.282 e. The van der Waals surface area contributed by atoms with Gasteiger partial charge in [-0.05, 0) is 64.0 Å². The van der Waals surface area contributed by atoms with Crippen molar-refractivity contribution in [2.24, 2.45) is 0 Å². The molecule has 0 aliphatic heterocycles. The van der Waals surface area contributed by atoms with E-state index in [1.54, 1.807) is 12.1 Å². The number of benzene rings is 3. The van der Waals surface area contributed by atoms with Gasteiger partial charge in [0.05, 0.1) is 20.8 Å². The molecule has 0 atom stereocenters. The van der Waals surface area contributed by atoms with Gasteiger partial charge in [-0.25, -0.2) is 0 Å². The van der Waals surface area contributed by atoms with Gasteiger partial charge >= 0.3 is 0 Å². The van der Waals surface area contributed by atoms with Crippen LogP contribution in [-0.4, -0.2) is 35.8 Å². The average molecular weight is 619 g/mol. The lowest BCUT2D eigenvalue weighted by molar-refractivity contribution is -0.394. The minimum absolute atomic E-state index is 0.151. The topological polar surface area (TPSA) is 195 Å². The van der Waals surface area contributed by atoms with Crippen LogP contribution < -0.4 is 0 Å². The molecule has 3 rings (SSSR count). The van der Waals surface area contributed by atoms with Crippen molar-refractivity contribution in [3.05, 3.63) is 95.9 Å². The summed E-state index contributed by atoms with van der Waals surface area (Å²) in [6, 6.07) is 10.4. The fourth-order valence-electron chi connectivity index (χ4n) is 3.08. The molecule has 3 aromatic carbocycles. The van der Waals surface area contributed by atoms with Crippen LogP contribution >= 0.6 is 22.6 Å². The number of halogens is 1. The Balaban J connectivity index is 2.33. The number of hydrogen-bond acceptors (Lipinski definition) is 8. The zero-order valence-corrected chi connectivity index (χ0v) is 20.3. The van der Waals surface area contributed by atoms with Gasteiger partial charge in [0.1, 0.15) is 4.90 Å². The first kappa shape index (κ1) is 25.6. The van der Waals surface area contributed by atoms with Gasteiger partial charge in [0.2, 0.25) is 0 Å². The van der Waals surface area contributed by atoms with E-state index < -0.39 is 51.2 Å². The second-order valence-corrected chi connectivity index (χ2v) is 10.8. The van der Waals surface area contributed by atoms with E-state index in [-0.39, 0.29) is 22.3 Å². The SMILES string of the molecule is O=[N+]([O-])c1ccc([CH]c2cc(-c3ccc(I)cc3)c(S(=O)(=O)O)cc2S(=O)(=O)O)c([N+](=O)[O-])c1. The van der Waals surface area contributed by atoms with E-state index in [0.29, 0.717) is 12.1 Å². The summed E-state index contributed by atoms with van der Waals surface area (Å²) in [5.41, 5.74) is -1.83. The third-order valence-electron chi connectivity index (χ3n) is 4.56. The summed E-state index contributed by atoms with van der Waals surface area (Å²) < 4.78 is 68.2. The van der Waals surface area contributed by atoms with Crippen LogP contribution in [0.3, 0.4) is 0 Å². The molecule has 0 amide bonds. The fraction of sp³-hybridized carbons (Fsp3) is 0. The summed E-state index contributed by atoms with van der Waals surface area (Å²) in [5, 5.41) is 22.4. The highest BCUT2D eigenvalue weighted by Gasteiger charge is 2.27. The summed E-state index contributed by atoms with van der Waals surface area (Å²) in [6.07, 6.45) is 0.953. The molecule has 0 fully saturated rings. The number of hydrogen-bond donors (Lipinski definition) is 2. The third-order valence-corrected chi connectivity index (χ3v) is 7.08. The average Bonchev–Trinajstić information content (AvgIpc) is 2.72. The molecule has 12 nitrogen and oxygen atoms in total. The lowest BCUT2D eigenvalue weighted by Crippen LogP contribution is -2.09. The van der Waals surface area contributed by atoms with Gasteiger partial charge < -0.3 is 0 Å². The normalized spacial score (nSPS) is 11.9. The molecule has 3 aromatic rings. The van der Waals surface area contributed by atoms with Crippen LogP contribution in [0.5, 0.6) is 0 Å². The molecule has 0 saturated heterocycles. The molecular weight excluding hydrogens is 607 g/mol. The van der Waals surface area contributed by atoms with Gasteiger partial charge in [-0.1, -0.05) is 12.1 Å². The van der Waals surface area contributed by atoms with Gasteiger partial charge in [0.15, 0.2) is 0 Å². The van der Waals surface area contributed by atoms with Crippen molar-refractivity contribution in [1.82, 2.24) is 0 Å². The van der Waals surface area contributed by atoms with Crippen molar-refractivity contribution in [2.75, 3.05) is 0 Å². The first-order chi connectivity index (χ1) is 15.7. The molecule has 1 radical (unpaired) electrons. The summed E-state index contributed by atoms with van der Waals surface area (Å²) in [5.74, 6) is 0. The van der Waals surface area contributed by atoms with Crippen molar-refractivity contribution < 1.29 is 35.8 Å². The summed E-state index contributed by atoms with van der Waals surface area (Å²) in [4.78, 5) is 18.9. The number of nitro groups is 2. The Bertz CT molecular complexity index is 1540. The maximum absolute atomic E-state index is 12.0. The van der Waals surface area contributed by atoms with Crippen molar-refractivity contribution in [3.8, 4) is 11.1 Å². The van der Waals surface area contributed by atoms with E-state index in [2.05, 4.69) is 0 Å². The van der Waals surface area contributed by atoms with Gasteiger partial charge in [0.25, 0.3) is 31.6 Å². The zero-order chi connectivity index (χ0) is 25.4. The van der Waals surface area contributed by atoms with E-state index in [4.69, 9.17) is 0 Å². The highest BCUT2D eigenvalue weighted by atomic mass is 127. The van der Waals surface area contributed by atoms with E-state index in [9.17, 15) is 46.2 Å². The standard InChI is InChI=1S/C19H12IN2O10S2/c20-14-4-1-11(2-5-14)16-8-13(18(33(27,28)29)10-19(16)34(30,31)32)7-12-3-6-15(21(23)24)9-17(12)22(25)26/h1-10H,(H,27,28,29)(H,30,31,32). The molecule has 0 aliphatic carbocycles. The molecule has 0 unspecified atom stereocenters. The summed E-state index contributed by atoms with van der Waals surface area (Å²) >= 11 is 2.00. The van der Waals surface area contributed by atoms with Crippen LogP contribution in [0.15, 0.2) is 64.4 Å². The first-order valence-corrected chi connectivity index (χ1v) is 12.8. The van der Waals surface area contributed by atoms with E-state index >= 15 is 0 Å². The van der Waals surface area contributed by atoms with Gasteiger partial charge in [0, 0.05) is 27.2 Å². The van der Waals surface area contributed by atoms with Crippen LogP contribution in [0.1, 0.15) is 11.1 Å². The monoisotopic (exact) mass is 619 g/mol. The molecule has 0 heterocycles. The molecule has 2 N–H and O–H groups in total. The maximum Gasteiger partial charge on any atom is 0.295 e. The molecule has 0 aliphatic rings. The van der Waals surface area contributed by atoms with Crippen molar-refractivity contribution in [3.63, 3.8) is 0 Å². The van der Waals surface area contributed by atoms with E-state index in [0.717, 1.165) is 28.2 Å². The molecule has 34 heavy (non-hydrogen) atoms. The lowest BCUT2D eigenvalue weighted by Gasteiger charge is -2.14. The Hall–Kier alpha value is -2.99. The van der Waals surface area contributed by atoms with Crippen molar-refractivity contribution in [1.29, 1.82) is 0 Å². The van der Waals surface area contributed by atoms with Gasteiger partial charge in [-0.2, -0.15) is 16.8 Å². The number of rotatable bonds is 7. The van der Waals surface area contributed by atoms with Gasteiger partial charge in [-0.3, -0.25) is 29.3 Å². The highest BCUT2D eigenvalue weighted by molar-refractivity contribution is 14.1. The van der Waals surface area contributed by atoms with Crippen molar-refractivity contribution in [2.45, 2.75) is 9.79 Å². The van der Waals surface area contributed by atoms with E-state index in [1.165, 1.54) is 12.1 Å². The summed E-state index contributed by atoms with van der Waals surface area (Å²) in [6.45, 7) is 0. The first-order valence-electron chi connectivity index (χ1n) is 8.85. The summed E-state index contributed by atoms with van der Waals surface area (Å²) in [7, 11) is -10.1. The number of nitro benzene ring substituents is 2. The lowest BCUT2D eigenvalue weighted by atomic mass is 9.98. The molecule has 15 heteroatoms. The second kappa shape index (κ2) is 9.34. The minimum atomic E-state index is -5.08. The Morgan fingerprint density at radius 1 is 0.765 bits per heavy atom. The molecule has 0 bridgehead atoms. The van der Waals surface area contributed by atoms with Crippen LogP contribution in [0, 0.1) is 30.2 Å². The van der Waals surface area contributed by atoms with Crippen LogP contribution in [0.2, 0.25) is 0 Å². The Kier molecular flexibility index (Phi) is 7.04. The van der Waals surface area contributed by atoms with E-state index in [1.807, 2.05) is 22.6 Å². The van der Waals surface area contributed by atoms with Gasteiger partial charge in [-0.15, -0.1) is 0 Å².